The maximum Gasteiger partial charge on any atom is 0.282 e. The van der Waals surface area contributed by atoms with Gasteiger partial charge in [-0.1, -0.05) is 18.2 Å². The molecule has 0 atom stereocenters. The molecular weight excluding hydrogens is 212 g/mol. The quantitative estimate of drug-likeness (QED) is 0.850. The Morgan fingerprint density at radius 2 is 2.00 bits per heavy atom. The number of aryl methyl sites for hydroxylation is 1. The van der Waals surface area contributed by atoms with E-state index in [0.29, 0.717) is 5.69 Å². The largest absolute Gasteiger partial charge is 0.396 e. The monoisotopic (exact) mass is 223 g/mol. The van der Waals surface area contributed by atoms with E-state index in [0.717, 1.165) is 5.56 Å². The first kappa shape index (κ1) is 10.6. The van der Waals surface area contributed by atoms with Crippen LogP contribution in [-0.2, 0) is 0 Å². The van der Waals surface area contributed by atoms with Crippen LogP contribution in [0.2, 0.25) is 0 Å². The Labute approximate surface area is 91.5 Å². The molecule has 1 heterocycles. The van der Waals surface area contributed by atoms with E-state index in [1.165, 1.54) is 10.9 Å². The Bertz CT molecular complexity index is 506. The van der Waals surface area contributed by atoms with Gasteiger partial charge in [0.15, 0.2) is 0 Å². The molecule has 0 radical (unpaired) electrons. The van der Waals surface area contributed by atoms with Gasteiger partial charge in [-0.3, -0.25) is 0 Å². The van der Waals surface area contributed by atoms with E-state index in [2.05, 4.69) is 5.10 Å². The van der Waals surface area contributed by atoms with Crippen LogP contribution in [0, 0.1) is 6.92 Å². The maximum absolute atomic E-state index is 12.8. The summed E-state index contributed by atoms with van der Waals surface area (Å²) in [5.74, 6) is 0. The highest BCUT2D eigenvalue weighted by molar-refractivity contribution is 5.49. The summed E-state index contributed by atoms with van der Waals surface area (Å²) in [7, 11) is 0. The van der Waals surface area contributed by atoms with Crippen molar-refractivity contribution in [3.05, 3.63) is 41.7 Å². The minimum absolute atomic E-state index is 0.0123. The Hall–Kier alpha value is -1.91. The lowest BCUT2D eigenvalue weighted by atomic mass is 10.2. The molecular formula is C11H11F2N3. The predicted octanol–water partition coefficient (Wildman–Crippen LogP) is 2.70. The number of hydrogen-bond acceptors (Lipinski definition) is 2. The Morgan fingerprint density at radius 3 is 2.62 bits per heavy atom. The van der Waals surface area contributed by atoms with Gasteiger partial charge in [0, 0.05) is 0 Å². The molecule has 1 aromatic heterocycles. The summed E-state index contributed by atoms with van der Waals surface area (Å²) >= 11 is 0. The van der Waals surface area contributed by atoms with E-state index in [1.807, 2.05) is 19.1 Å². The molecule has 0 aliphatic heterocycles. The number of nitrogens with zero attached hydrogens (tertiary/aromatic N) is 2. The number of nitrogens with two attached hydrogens (primary N) is 1. The number of para-hydroxylation sites is 1. The number of rotatable bonds is 2. The van der Waals surface area contributed by atoms with Gasteiger partial charge in [-0.25, -0.2) is 13.5 Å². The molecule has 0 aliphatic carbocycles. The minimum atomic E-state index is -2.64. The first-order valence-corrected chi connectivity index (χ1v) is 4.79. The van der Waals surface area contributed by atoms with Gasteiger partial charge in [0.1, 0.15) is 5.69 Å². The summed E-state index contributed by atoms with van der Waals surface area (Å²) in [4.78, 5) is 0. The van der Waals surface area contributed by atoms with Gasteiger partial charge in [-0.2, -0.15) is 5.10 Å². The van der Waals surface area contributed by atoms with Crippen molar-refractivity contribution in [1.82, 2.24) is 9.78 Å². The summed E-state index contributed by atoms with van der Waals surface area (Å²) in [6.45, 7) is 1.84. The van der Waals surface area contributed by atoms with Gasteiger partial charge in [0.05, 0.1) is 17.6 Å². The smallest absolute Gasteiger partial charge is 0.282 e. The summed E-state index contributed by atoms with van der Waals surface area (Å²) in [6.07, 6.45) is -1.39. The highest BCUT2D eigenvalue weighted by Gasteiger charge is 2.19. The number of anilines is 1. The van der Waals surface area contributed by atoms with E-state index in [-0.39, 0.29) is 11.4 Å². The average molecular weight is 223 g/mol. The SMILES string of the molecule is Cc1ccccc1-n1ncc(N)c1C(F)F. The third-order valence-electron chi connectivity index (χ3n) is 2.39. The molecule has 84 valence electrons. The second-order valence-corrected chi connectivity index (χ2v) is 3.48. The fraction of sp³-hybridized carbons (Fsp3) is 0.182. The Kier molecular flexibility index (Phi) is 2.60. The van der Waals surface area contributed by atoms with Crippen molar-refractivity contribution >= 4 is 5.69 Å². The molecule has 3 nitrogen and oxygen atoms in total. The molecule has 0 saturated carbocycles. The highest BCUT2D eigenvalue weighted by Crippen LogP contribution is 2.28. The maximum atomic E-state index is 12.8. The van der Waals surface area contributed by atoms with Gasteiger partial charge < -0.3 is 5.73 Å². The summed E-state index contributed by atoms with van der Waals surface area (Å²) in [6, 6.07) is 7.18. The van der Waals surface area contributed by atoms with E-state index in [9.17, 15) is 8.78 Å². The summed E-state index contributed by atoms with van der Waals surface area (Å²) < 4.78 is 26.8. The van der Waals surface area contributed by atoms with Crippen molar-refractivity contribution in [3.63, 3.8) is 0 Å². The van der Waals surface area contributed by atoms with E-state index >= 15 is 0 Å². The first-order chi connectivity index (χ1) is 7.61. The van der Waals surface area contributed by atoms with Crippen LogP contribution in [0.4, 0.5) is 14.5 Å². The lowest BCUT2D eigenvalue weighted by Crippen LogP contribution is -2.05. The number of benzene rings is 1. The average Bonchev–Trinajstić information content (AvgIpc) is 2.61. The van der Waals surface area contributed by atoms with Gasteiger partial charge in [0.25, 0.3) is 6.43 Å². The van der Waals surface area contributed by atoms with E-state index < -0.39 is 6.43 Å². The first-order valence-electron chi connectivity index (χ1n) is 4.79. The zero-order valence-corrected chi connectivity index (χ0v) is 8.69. The summed E-state index contributed by atoms with van der Waals surface area (Å²) in [5.41, 5.74) is 6.71. The molecule has 1 aromatic carbocycles. The van der Waals surface area contributed by atoms with Gasteiger partial charge in [-0.05, 0) is 18.6 Å². The van der Waals surface area contributed by atoms with E-state index in [1.54, 1.807) is 12.1 Å². The van der Waals surface area contributed by atoms with Gasteiger partial charge in [0.2, 0.25) is 0 Å². The number of alkyl halides is 2. The van der Waals surface area contributed by atoms with Crippen LogP contribution in [0.3, 0.4) is 0 Å². The standard InChI is InChI=1S/C11H11F2N3/c1-7-4-2-3-5-9(7)16-10(11(12)13)8(14)6-15-16/h2-6,11H,14H2,1H3. The third-order valence-corrected chi connectivity index (χ3v) is 2.39. The second kappa shape index (κ2) is 3.92. The minimum Gasteiger partial charge on any atom is -0.396 e. The zero-order chi connectivity index (χ0) is 11.7. The molecule has 0 spiro atoms. The zero-order valence-electron chi connectivity index (χ0n) is 8.69. The molecule has 2 rings (SSSR count). The Morgan fingerprint density at radius 1 is 1.31 bits per heavy atom. The topological polar surface area (TPSA) is 43.8 Å². The molecule has 0 saturated heterocycles. The summed E-state index contributed by atoms with van der Waals surface area (Å²) in [5, 5.41) is 3.88. The van der Waals surface area contributed by atoms with Gasteiger partial charge >= 0.3 is 0 Å². The molecule has 0 aliphatic rings. The van der Waals surface area contributed by atoms with Crippen molar-refractivity contribution in [2.45, 2.75) is 13.3 Å². The van der Waals surface area contributed by atoms with Crippen molar-refractivity contribution < 1.29 is 8.78 Å². The van der Waals surface area contributed by atoms with Crippen LogP contribution in [0.15, 0.2) is 30.5 Å². The molecule has 0 bridgehead atoms. The van der Waals surface area contributed by atoms with Crippen LogP contribution in [0.5, 0.6) is 0 Å². The highest BCUT2D eigenvalue weighted by atomic mass is 19.3. The van der Waals surface area contributed by atoms with Crippen molar-refractivity contribution in [2.24, 2.45) is 0 Å². The molecule has 0 amide bonds. The van der Waals surface area contributed by atoms with Crippen molar-refractivity contribution in [3.8, 4) is 5.69 Å². The second-order valence-electron chi connectivity index (χ2n) is 3.48. The predicted molar refractivity (Wildman–Crippen MR) is 57.7 cm³/mol. The van der Waals surface area contributed by atoms with E-state index in [4.69, 9.17) is 5.73 Å². The molecule has 0 fully saturated rings. The fourth-order valence-corrected chi connectivity index (χ4v) is 1.58. The number of aromatic nitrogens is 2. The Balaban J connectivity index is 2.61. The molecule has 5 heteroatoms. The van der Waals surface area contributed by atoms with Crippen LogP contribution >= 0.6 is 0 Å². The van der Waals surface area contributed by atoms with Crippen molar-refractivity contribution in [1.29, 1.82) is 0 Å². The van der Waals surface area contributed by atoms with Crippen LogP contribution in [-0.4, -0.2) is 9.78 Å². The lowest BCUT2D eigenvalue weighted by Gasteiger charge is -2.09. The fourth-order valence-electron chi connectivity index (χ4n) is 1.58. The van der Waals surface area contributed by atoms with Crippen molar-refractivity contribution in [2.75, 3.05) is 5.73 Å². The van der Waals surface area contributed by atoms with Gasteiger partial charge in [-0.15, -0.1) is 0 Å². The number of halogens is 2. The van der Waals surface area contributed by atoms with Crippen LogP contribution in [0.25, 0.3) is 5.69 Å². The number of hydrogen-bond donors (Lipinski definition) is 1. The molecule has 2 N–H and O–H groups in total. The lowest BCUT2D eigenvalue weighted by molar-refractivity contribution is 0.143. The molecule has 16 heavy (non-hydrogen) atoms. The van der Waals surface area contributed by atoms with Crippen LogP contribution < -0.4 is 5.73 Å². The molecule has 0 unspecified atom stereocenters. The molecule has 2 aromatic rings. The van der Waals surface area contributed by atoms with Crippen LogP contribution in [0.1, 0.15) is 17.7 Å². The third kappa shape index (κ3) is 1.64. The number of nitrogen functional groups attached to an aromatic ring is 1. The normalized spacial score (nSPS) is 11.0.